The Morgan fingerprint density at radius 3 is 2.82 bits per heavy atom. The maximum Gasteiger partial charge on any atom is 0.272 e. The smallest absolute Gasteiger partial charge is 0.272 e. The molecule has 0 aromatic heterocycles. The second-order valence-electron chi connectivity index (χ2n) is 4.46. The summed E-state index contributed by atoms with van der Waals surface area (Å²) in [6.45, 7) is -0.354. The van der Waals surface area contributed by atoms with E-state index in [0.29, 0.717) is 12.2 Å². The van der Waals surface area contributed by atoms with Crippen LogP contribution in [0.2, 0.25) is 0 Å². The van der Waals surface area contributed by atoms with Crippen LogP contribution in [0.25, 0.3) is 0 Å². The number of amides is 1. The molecule has 0 heterocycles. The van der Waals surface area contributed by atoms with Crippen LogP contribution in [0.5, 0.6) is 5.75 Å². The van der Waals surface area contributed by atoms with Crippen LogP contribution in [-0.4, -0.2) is 37.0 Å². The summed E-state index contributed by atoms with van der Waals surface area (Å²) in [5.41, 5.74) is 6.52. The number of nitrogens with one attached hydrogen (secondary N) is 1. The van der Waals surface area contributed by atoms with Crippen LogP contribution >= 0.6 is 24.2 Å². The minimum absolute atomic E-state index is 0. The molecule has 1 aromatic carbocycles. The van der Waals surface area contributed by atoms with E-state index in [9.17, 15) is 13.6 Å². The van der Waals surface area contributed by atoms with Crippen molar-refractivity contribution in [3.8, 4) is 5.75 Å². The van der Waals surface area contributed by atoms with Gasteiger partial charge in [0.25, 0.3) is 6.43 Å². The highest BCUT2D eigenvalue weighted by atomic mass is 35.5. The molecule has 1 atom stereocenters. The summed E-state index contributed by atoms with van der Waals surface area (Å²) in [7, 11) is 0. The molecular weight excluding hydrogens is 334 g/mol. The Hall–Kier alpha value is -1.05. The number of benzene rings is 1. The maximum absolute atomic E-state index is 12.1. The van der Waals surface area contributed by atoms with E-state index in [-0.39, 0.29) is 24.9 Å². The van der Waals surface area contributed by atoms with Crippen LogP contribution < -0.4 is 15.8 Å². The maximum atomic E-state index is 12.1. The molecule has 0 aliphatic rings. The Morgan fingerprint density at radius 2 is 2.18 bits per heavy atom. The number of nitrogens with two attached hydrogens (primary N) is 1. The second kappa shape index (κ2) is 11.5. The molecule has 0 fully saturated rings. The number of alkyl halides is 2. The van der Waals surface area contributed by atoms with E-state index < -0.39 is 19.1 Å². The standard InChI is InChI=1S/C14H20F2N2O2S.ClH/c1-21-6-5-12(17)14(19)18-8-10-3-2-4-11(7-10)20-9-13(15)16;/h2-4,7,12-13H,5-6,8-9,17H2,1H3,(H,18,19);1H/t12-;/m0./s1. The van der Waals surface area contributed by atoms with Gasteiger partial charge in [-0.2, -0.15) is 11.8 Å². The number of hydrogen-bond acceptors (Lipinski definition) is 4. The topological polar surface area (TPSA) is 64.4 Å². The van der Waals surface area contributed by atoms with Gasteiger partial charge >= 0.3 is 0 Å². The van der Waals surface area contributed by atoms with Crippen molar-refractivity contribution < 1.29 is 18.3 Å². The van der Waals surface area contributed by atoms with Crippen LogP contribution in [0.4, 0.5) is 8.78 Å². The zero-order valence-electron chi connectivity index (χ0n) is 12.3. The lowest BCUT2D eigenvalue weighted by Gasteiger charge is -2.12. The minimum atomic E-state index is -2.51. The number of thioether (sulfide) groups is 1. The molecule has 8 heteroatoms. The molecule has 1 aromatic rings. The van der Waals surface area contributed by atoms with Crippen molar-refractivity contribution in [2.45, 2.75) is 25.4 Å². The average molecular weight is 355 g/mol. The van der Waals surface area contributed by atoms with Gasteiger partial charge in [-0.3, -0.25) is 4.79 Å². The van der Waals surface area contributed by atoms with Gasteiger partial charge in [-0.1, -0.05) is 12.1 Å². The van der Waals surface area contributed by atoms with Gasteiger partial charge in [-0.05, 0) is 36.1 Å². The van der Waals surface area contributed by atoms with Gasteiger partial charge < -0.3 is 15.8 Å². The van der Waals surface area contributed by atoms with Gasteiger partial charge in [0.2, 0.25) is 5.91 Å². The number of carbonyl (C=O) groups excluding carboxylic acids is 1. The van der Waals surface area contributed by atoms with E-state index in [1.807, 2.05) is 6.26 Å². The van der Waals surface area contributed by atoms with E-state index in [1.54, 1.807) is 36.0 Å². The number of rotatable bonds is 9. The molecule has 1 amide bonds. The summed E-state index contributed by atoms with van der Waals surface area (Å²) in [5, 5.41) is 2.72. The van der Waals surface area contributed by atoms with Crippen molar-refractivity contribution in [1.29, 1.82) is 0 Å². The Morgan fingerprint density at radius 1 is 1.45 bits per heavy atom. The van der Waals surface area contributed by atoms with Crippen LogP contribution in [0, 0.1) is 0 Å². The Labute approximate surface area is 139 Å². The number of halogens is 3. The molecule has 0 saturated carbocycles. The molecule has 126 valence electrons. The minimum Gasteiger partial charge on any atom is -0.488 e. The first-order chi connectivity index (χ1) is 10.0. The normalized spacial score (nSPS) is 11.7. The average Bonchev–Trinajstić information content (AvgIpc) is 2.48. The summed E-state index contributed by atoms with van der Waals surface area (Å²) in [6.07, 6.45) is 0.0582. The van der Waals surface area contributed by atoms with Crippen LogP contribution in [-0.2, 0) is 11.3 Å². The lowest BCUT2D eigenvalue weighted by molar-refractivity contribution is -0.122. The molecule has 3 N–H and O–H groups in total. The molecule has 0 bridgehead atoms. The largest absolute Gasteiger partial charge is 0.488 e. The predicted octanol–water partition coefficient (Wildman–Crippen LogP) is 2.45. The third-order valence-corrected chi connectivity index (χ3v) is 3.35. The van der Waals surface area contributed by atoms with E-state index in [1.165, 1.54) is 0 Å². The predicted molar refractivity (Wildman–Crippen MR) is 88.0 cm³/mol. The van der Waals surface area contributed by atoms with Crippen molar-refractivity contribution >= 4 is 30.1 Å². The first-order valence-electron chi connectivity index (χ1n) is 6.55. The third kappa shape index (κ3) is 8.41. The third-order valence-electron chi connectivity index (χ3n) is 2.71. The summed E-state index contributed by atoms with van der Waals surface area (Å²) in [6, 6.07) is 6.16. The Bertz CT molecular complexity index is 453. The van der Waals surface area contributed by atoms with Gasteiger partial charge in [-0.15, -0.1) is 12.4 Å². The second-order valence-corrected chi connectivity index (χ2v) is 5.44. The van der Waals surface area contributed by atoms with Crippen molar-refractivity contribution in [3.63, 3.8) is 0 Å². The van der Waals surface area contributed by atoms with Crippen molar-refractivity contribution in [2.75, 3.05) is 18.6 Å². The summed E-state index contributed by atoms with van der Waals surface area (Å²) in [4.78, 5) is 11.7. The van der Waals surface area contributed by atoms with Gasteiger partial charge in [0, 0.05) is 6.54 Å². The van der Waals surface area contributed by atoms with Crippen molar-refractivity contribution in [1.82, 2.24) is 5.32 Å². The first-order valence-corrected chi connectivity index (χ1v) is 7.94. The van der Waals surface area contributed by atoms with E-state index in [0.717, 1.165) is 11.3 Å². The van der Waals surface area contributed by atoms with Crippen LogP contribution in [0.1, 0.15) is 12.0 Å². The lowest BCUT2D eigenvalue weighted by Crippen LogP contribution is -2.40. The highest BCUT2D eigenvalue weighted by Gasteiger charge is 2.12. The SMILES string of the molecule is CSCC[C@H](N)C(=O)NCc1cccc(OCC(F)F)c1.Cl. The van der Waals surface area contributed by atoms with E-state index >= 15 is 0 Å². The van der Waals surface area contributed by atoms with E-state index in [4.69, 9.17) is 10.5 Å². The molecule has 0 unspecified atom stereocenters. The number of ether oxygens (including phenoxy) is 1. The van der Waals surface area contributed by atoms with Gasteiger partial charge in [0.15, 0.2) is 0 Å². The van der Waals surface area contributed by atoms with Crippen molar-refractivity contribution in [2.24, 2.45) is 5.73 Å². The quantitative estimate of drug-likeness (QED) is 0.715. The monoisotopic (exact) mass is 354 g/mol. The number of hydrogen-bond donors (Lipinski definition) is 2. The molecule has 4 nitrogen and oxygen atoms in total. The van der Waals surface area contributed by atoms with Crippen LogP contribution in [0.3, 0.4) is 0 Å². The molecule has 1 rings (SSSR count). The highest BCUT2D eigenvalue weighted by molar-refractivity contribution is 7.98. The van der Waals surface area contributed by atoms with Gasteiger partial charge in [-0.25, -0.2) is 8.78 Å². The van der Waals surface area contributed by atoms with Gasteiger partial charge in [0.05, 0.1) is 6.04 Å². The summed E-state index contributed by atoms with van der Waals surface area (Å²) >= 11 is 1.63. The molecular formula is C14H21ClF2N2O2S. The molecule has 0 radical (unpaired) electrons. The summed E-state index contributed by atoms with van der Waals surface area (Å²) < 4.78 is 29.1. The zero-order chi connectivity index (χ0) is 15.7. The Balaban J connectivity index is 0.00000441. The van der Waals surface area contributed by atoms with Gasteiger partial charge in [0.1, 0.15) is 12.4 Å². The van der Waals surface area contributed by atoms with Crippen molar-refractivity contribution in [3.05, 3.63) is 29.8 Å². The number of carbonyl (C=O) groups is 1. The fourth-order valence-corrected chi connectivity index (χ4v) is 2.09. The molecule has 0 aliphatic heterocycles. The first kappa shape index (κ1) is 20.9. The highest BCUT2D eigenvalue weighted by Crippen LogP contribution is 2.14. The zero-order valence-corrected chi connectivity index (χ0v) is 13.9. The Kier molecular flexibility index (Phi) is 11.0. The summed E-state index contributed by atoms with van der Waals surface area (Å²) in [5.74, 6) is 0.961. The molecule has 0 spiro atoms. The molecule has 22 heavy (non-hydrogen) atoms. The molecule has 0 saturated heterocycles. The fraction of sp³-hybridized carbons (Fsp3) is 0.500. The van der Waals surface area contributed by atoms with Crippen LogP contribution in [0.15, 0.2) is 24.3 Å². The lowest BCUT2D eigenvalue weighted by atomic mass is 10.2. The molecule has 0 aliphatic carbocycles. The van der Waals surface area contributed by atoms with E-state index in [2.05, 4.69) is 5.32 Å². The fourth-order valence-electron chi connectivity index (χ4n) is 1.60.